The van der Waals surface area contributed by atoms with Crippen LogP contribution < -0.4 is 19.9 Å². The lowest BCUT2D eigenvalue weighted by Gasteiger charge is -2.20. The predicted octanol–water partition coefficient (Wildman–Crippen LogP) is 4.38. The van der Waals surface area contributed by atoms with E-state index in [1.54, 1.807) is 6.07 Å². The number of primary amides is 1. The summed E-state index contributed by atoms with van der Waals surface area (Å²) >= 11 is 1.41. The van der Waals surface area contributed by atoms with Crippen LogP contribution in [0.2, 0.25) is 0 Å². The first-order chi connectivity index (χ1) is 17.7. The zero-order chi connectivity index (χ0) is 25.7. The number of alkyl halides is 3. The second-order valence-electron chi connectivity index (χ2n) is 9.66. The number of amides is 1. The van der Waals surface area contributed by atoms with Crippen LogP contribution in [0, 0.1) is 17.8 Å². The fraction of sp³-hybridized carbons (Fsp3) is 0.385. The molecule has 3 heterocycles. The molecule has 1 saturated heterocycles. The minimum atomic E-state index is -4.76. The molecule has 0 bridgehead atoms. The molecular weight excluding hydrogens is 507 g/mol. The number of nitrogens with two attached hydrogens (primary N) is 1. The molecule has 1 aliphatic carbocycles. The minimum Gasteiger partial charge on any atom is -0.454 e. The number of carbonyl (C=O) groups excluding carboxylic acids is 1. The molecule has 0 radical (unpaired) electrons. The van der Waals surface area contributed by atoms with Gasteiger partial charge in [0.25, 0.3) is 5.91 Å². The molecule has 1 aromatic heterocycles. The lowest BCUT2D eigenvalue weighted by molar-refractivity contribution is -0.274. The zero-order valence-corrected chi connectivity index (χ0v) is 20.5. The lowest BCUT2D eigenvalue weighted by Crippen LogP contribution is -2.24. The molecule has 0 spiro atoms. The molecule has 1 amide bonds. The van der Waals surface area contributed by atoms with Crippen molar-refractivity contribution in [2.75, 3.05) is 19.9 Å². The summed E-state index contributed by atoms with van der Waals surface area (Å²) in [7, 11) is 0. The van der Waals surface area contributed by atoms with Crippen molar-refractivity contribution in [1.82, 2.24) is 9.88 Å². The molecule has 2 aromatic carbocycles. The van der Waals surface area contributed by atoms with Gasteiger partial charge in [-0.3, -0.25) is 9.69 Å². The third kappa shape index (κ3) is 5.10. The van der Waals surface area contributed by atoms with Crippen LogP contribution in [0.3, 0.4) is 0 Å². The maximum Gasteiger partial charge on any atom is 0.573 e. The van der Waals surface area contributed by atoms with Crippen molar-refractivity contribution < 1.29 is 32.2 Å². The van der Waals surface area contributed by atoms with E-state index in [1.807, 2.05) is 12.1 Å². The van der Waals surface area contributed by atoms with E-state index in [9.17, 15) is 18.0 Å². The number of fused-ring (bicyclic) bond motifs is 2. The van der Waals surface area contributed by atoms with Gasteiger partial charge < -0.3 is 19.9 Å². The van der Waals surface area contributed by atoms with Gasteiger partial charge >= 0.3 is 6.36 Å². The first-order valence-electron chi connectivity index (χ1n) is 12.0. The van der Waals surface area contributed by atoms with Crippen molar-refractivity contribution >= 4 is 17.2 Å². The molecule has 2 fully saturated rings. The van der Waals surface area contributed by atoms with E-state index in [4.69, 9.17) is 15.2 Å². The number of likely N-dealkylation sites (tertiary alicyclic amines) is 1. The number of nitrogens with zero attached hydrogens (tertiary/aromatic N) is 2. The van der Waals surface area contributed by atoms with Gasteiger partial charge in [-0.25, -0.2) is 4.98 Å². The second kappa shape index (κ2) is 9.21. The molecule has 2 aliphatic heterocycles. The van der Waals surface area contributed by atoms with Crippen molar-refractivity contribution in [2.24, 2.45) is 23.5 Å². The van der Waals surface area contributed by atoms with E-state index in [1.165, 1.54) is 29.5 Å². The van der Waals surface area contributed by atoms with Gasteiger partial charge in [-0.15, -0.1) is 24.5 Å². The molecule has 3 aliphatic rings. The number of halogens is 3. The number of carbonyl (C=O) groups is 1. The smallest absolute Gasteiger partial charge is 0.454 e. The lowest BCUT2D eigenvalue weighted by atomic mass is 10.1. The highest BCUT2D eigenvalue weighted by Gasteiger charge is 2.55. The van der Waals surface area contributed by atoms with E-state index in [0.717, 1.165) is 48.0 Å². The molecule has 3 aromatic rings. The number of benzene rings is 2. The van der Waals surface area contributed by atoms with Crippen LogP contribution >= 0.6 is 11.3 Å². The number of piperidine rings is 1. The van der Waals surface area contributed by atoms with Crippen LogP contribution in [-0.2, 0) is 19.4 Å². The van der Waals surface area contributed by atoms with Gasteiger partial charge in [-0.2, -0.15) is 0 Å². The van der Waals surface area contributed by atoms with E-state index >= 15 is 0 Å². The molecule has 2 atom stereocenters. The van der Waals surface area contributed by atoms with E-state index in [2.05, 4.69) is 20.7 Å². The summed E-state index contributed by atoms with van der Waals surface area (Å²) in [6.45, 7) is 3.01. The Morgan fingerprint density at radius 1 is 1.16 bits per heavy atom. The SMILES string of the molecule is NC(=O)c1nc(Cc2cccc(OC(F)(F)F)c2)sc1CC1C2CN(Cc3cccc4c3OCO4)CC12. The Bertz CT molecular complexity index is 1330. The Hall–Kier alpha value is -3.31. The average molecular weight is 532 g/mol. The summed E-state index contributed by atoms with van der Waals surface area (Å²) in [6, 6.07) is 11.7. The molecule has 194 valence electrons. The van der Waals surface area contributed by atoms with Crippen LogP contribution in [-0.4, -0.2) is 42.0 Å². The van der Waals surface area contributed by atoms with Crippen LogP contribution in [0.15, 0.2) is 42.5 Å². The van der Waals surface area contributed by atoms with Crippen LogP contribution in [0.25, 0.3) is 0 Å². The molecule has 1 saturated carbocycles. The highest BCUT2D eigenvalue weighted by Crippen LogP contribution is 2.54. The number of para-hydroxylation sites is 1. The van der Waals surface area contributed by atoms with E-state index < -0.39 is 12.3 Å². The summed E-state index contributed by atoms with van der Waals surface area (Å²) < 4.78 is 52.8. The van der Waals surface area contributed by atoms with Gasteiger partial charge in [-0.05, 0) is 47.9 Å². The van der Waals surface area contributed by atoms with Crippen LogP contribution in [0.5, 0.6) is 17.2 Å². The Labute approximate surface area is 215 Å². The Kier molecular flexibility index (Phi) is 5.99. The molecule has 11 heteroatoms. The van der Waals surface area contributed by atoms with Crippen molar-refractivity contribution in [3.63, 3.8) is 0 Å². The fourth-order valence-electron chi connectivity index (χ4n) is 5.57. The Morgan fingerprint density at radius 2 is 1.95 bits per heavy atom. The topological polar surface area (TPSA) is 86.9 Å². The Balaban J connectivity index is 1.09. The minimum absolute atomic E-state index is 0.255. The molecular formula is C26H24F3N3O4S. The normalized spacial score (nSPS) is 22.2. The summed E-state index contributed by atoms with van der Waals surface area (Å²) in [5.41, 5.74) is 7.61. The highest BCUT2D eigenvalue weighted by atomic mass is 32.1. The average Bonchev–Trinajstić information content (AvgIpc) is 3.28. The van der Waals surface area contributed by atoms with Gasteiger partial charge in [0.2, 0.25) is 6.79 Å². The van der Waals surface area contributed by atoms with E-state index in [0.29, 0.717) is 34.7 Å². The van der Waals surface area contributed by atoms with Gasteiger partial charge in [-0.1, -0.05) is 24.3 Å². The maximum atomic E-state index is 12.6. The third-order valence-corrected chi connectivity index (χ3v) is 8.28. The second-order valence-corrected chi connectivity index (χ2v) is 10.8. The van der Waals surface area contributed by atoms with Gasteiger partial charge in [0, 0.05) is 36.5 Å². The molecule has 6 rings (SSSR count). The largest absolute Gasteiger partial charge is 0.573 e. The number of hydrogen-bond acceptors (Lipinski definition) is 7. The highest BCUT2D eigenvalue weighted by molar-refractivity contribution is 7.12. The van der Waals surface area contributed by atoms with Crippen molar-refractivity contribution in [2.45, 2.75) is 25.7 Å². The van der Waals surface area contributed by atoms with Crippen molar-refractivity contribution in [3.05, 3.63) is 69.2 Å². The first-order valence-corrected chi connectivity index (χ1v) is 12.8. The maximum absolute atomic E-state index is 12.6. The number of ether oxygens (including phenoxy) is 3. The zero-order valence-electron chi connectivity index (χ0n) is 19.7. The van der Waals surface area contributed by atoms with Gasteiger partial charge in [0.15, 0.2) is 11.5 Å². The summed E-state index contributed by atoms with van der Waals surface area (Å²) in [5, 5.41) is 0.639. The number of thiazole rings is 1. The van der Waals surface area contributed by atoms with Gasteiger partial charge in [0.05, 0.1) is 5.01 Å². The van der Waals surface area contributed by atoms with Crippen molar-refractivity contribution in [1.29, 1.82) is 0 Å². The Morgan fingerprint density at radius 3 is 2.70 bits per heavy atom. The van der Waals surface area contributed by atoms with Crippen LogP contribution in [0.1, 0.15) is 31.5 Å². The number of aromatic nitrogens is 1. The van der Waals surface area contributed by atoms with Crippen molar-refractivity contribution in [3.8, 4) is 17.2 Å². The summed E-state index contributed by atoms with van der Waals surface area (Å²) in [4.78, 5) is 19.8. The first kappa shape index (κ1) is 24.1. The standard InChI is InChI=1S/C26H24F3N3O4S/c27-26(28,29)36-16-5-1-3-14(7-16)8-22-31-23(25(30)33)21(37-22)9-17-18-11-32(12-19(17)18)10-15-4-2-6-20-24(15)35-13-34-20/h1-7,17-19H,8-13H2,(H2,30,33). The molecule has 2 N–H and O–H groups in total. The summed E-state index contributed by atoms with van der Waals surface area (Å²) in [5.74, 6) is 2.32. The quantitative estimate of drug-likeness (QED) is 0.464. The number of hydrogen-bond donors (Lipinski definition) is 1. The predicted molar refractivity (Wildman–Crippen MR) is 129 cm³/mol. The number of rotatable bonds is 8. The molecule has 2 unspecified atom stereocenters. The molecule has 7 nitrogen and oxygen atoms in total. The summed E-state index contributed by atoms with van der Waals surface area (Å²) in [6.07, 6.45) is -3.74. The monoisotopic (exact) mass is 531 g/mol. The fourth-order valence-corrected chi connectivity index (χ4v) is 6.75. The third-order valence-electron chi connectivity index (χ3n) is 7.20. The molecule has 37 heavy (non-hydrogen) atoms. The van der Waals surface area contributed by atoms with Gasteiger partial charge in [0.1, 0.15) is 11.4 Å². The van der Waals surface area contributed by atoms with Crippen LogP contribution in [0.4, 0.5) is 13.2 Å². The van der Waals surface area contributed by atoms with E-state index in [-0.39, 0.29) is 18.2 Å².